The van der Waals surface area contributed by atoms with Crippen LogP contribution in [0.4, 0.5) is 17.2 Å². The van der Waals surface area contributed by atoms with Crippen molar-refractivity contribution in [2.75, 3.05) is 41.7 Å². The first kappa shape index (κ1) is 15.7. The number of aromatic carboxylic acids is 1. The third kappa shape index (κ3) is 2.87. The topological polar surface area (TPSA) is 82.7 Å². The van der Waals surface area contributed by atoms with Crippen LogP contribution in [0.2, 0.25) is 0 Å². The fraction of sp³-hybridized carbons (Fsp3) is 0.222. The summed E-state index contributed by atoms with van der Waals surface area (Å²) in [5.41, 5.74) is 7.19. The molecule has 0 unspecified atom stereocenters. The average Bonchev–Trinajstić information content (AvgIpc) is 3.06. The summed E-state index contributed by atoms with van der Waals surface area (Å²) in [5, 5.41) is 10.6. The number of nitrogen functional groups attached to an aromatic ring is 1. The highest BCUT2D eigenvalue weighted by atomic mass is 32.1. The van der Waals surface area contributed by atoms with Gasteiger partial charge in [0, 0.05) is 37.3 Å². The van der Waals surface area contributed by atoms with Crippen LogP contribution in [0.1, 0.15) is 10.4 Å². The number of hydrogen-bond donors (Lipinski definition) is 2. The Hall–Kier alpha value is -2.80. The van der Waals surface area contributed by atoms with Gasteiger partial charge in [-0.2, -0.15) is 4.37 Å². The van der Waals surface area contributed by atoms with Crippen LogP contribution in [0.15, 0.2) is 42.5 Å². The highest BCUT2D eigenvalue weighted by Gasteiger charge is 2.23. The molecule has 2 heterocycles. The fourth-order valence-electron chi connectivity index (χ4n) is 3.26. The van der Waals surface area contributed by atoms with E-state index < -0.39 is 5.97 Å². The number of piperazine rings is 1. The number of rotatable bonds is 3. The molecule has 3 aromatic rings. The molecule has 0 aliphatic carbocycles. The molecule has 1 aromatic heterocycles. The Morgan fingerprint density at radius 3 is 2.56 bits per heavy atom. The van der Waals surface area contributed by atoms with Gasteiger partial charge in [-0.25, -0.2) is 4.79 Å². The molecule has 3 N–H and O–H groups in total. The standard InChI is InChI=1S/C18H18N4O2S/c19-12-5-6-15(14(11-12)18(23)24)21-7-9-22(10-8-21)17-13-3-1-2-4-16(13)25-20-17/h1-6,11H,7-10,19H2,(H,23,24). The van der Waals surface area contributed by atoms with Crippen molar-refractivity contribution in [1.29, 1.82) is 0 Å². The molecule has 1 aliphatic heterocycles. The van der Waals surface area contributed by atoms with Crippen LogP contribution in [0, 0.1) is 0 Å². The van der Waals surface area contributed by atoms with Gasteiger partial charge in [0.1, 0.15) is 5.82 Å². The Balaban J connectivity index is 1.55. The Labute approximate surface area is 149 Å². The fourth-order valence-corrected chi connectivity index (χ4v) is 4.06. The third-order valence-corrected chi connectivity index (χ3v) is 5.35. The minimum Gasteiger partial charge on any atom is -0.478 e. The van der Waals surface area contributed by atoms with E-state index in [1.165, 1.54) is 27.7 Å². The number of carbonyl (C=O) groups is 1. The number of nitrogens with two attached hydrogens (primary N) is 1. The highest BCUT2D eigenvalue weighted by molar-refractivity contribution is 7.13. The number of aromatic nitrogens is 1. The van der Waals surface area contributed by atoms with Crippen molar-refractivity contribution in [3.63, 3.8) is 0 Å². The molecule has 1 fully saturated rings. The SMILES string of the molecule is Nc1ccc(N2CCN(c3nsc4ccccc34)CC2)c(C(=O)O)c1. The molecule has 25 heavy (non-hydrogen) atoms. The lowest BCUT2D eigenvalue weighted by molar-refractivity contribution is 0.0697. The van der Waals surface area contributed by atoms with E-state index in [1.807, 2.05) is 12.1 Å². The molecule has 0 bridgehead atoms. The monoisotopic (exact) mass is 354 g/mol. The van der Waals surface area contributed by atoms with E-state index in [2.05, 4.69) is 26.3 Å². The molecule has 4 rings (SSSR count). The van der Waals surface area contributed by atoms with Crippen LogP contribution in [0.5, 0.6) is 0 Å². The van der Waals surface area contributed by atoms with Crippen molar-refractivity contribution in [1.82, 2.24) is 4.37 Å². The van der Waals surface area contributed by atoms with Crippen LogP contribution in [-0.4, -0.2) is 41.6 Å². The zero-order chi connectivity index (χ0) is 17.4. The molecule has 0 radical (unpaired) electrons. The molecular formula is C18H18N4O2S. The molecule has 128 valence electrons. The average molecular weight is 354 g/mol. The van der Waals surface area contributed by atoms with Gasteiger partial charge >= 0.3 is 5.97 Å². The summed E-state index contributed by atoms with van der Waals surface area (Å²) in [6.07, 6.45) is 0. The van der Waals surface area contributed by atoms with Gasteiger partial charge in [-0.3, -0.25) is 0 Å². The zero-order valence-corrected chi connectivity index (χ0v) is 14.4. The normalized spacial score (nSPS) is 14.9. The largest absolute Gasteiger partial charge is 0.478 e. The molecule has 1 aliphatic rings. The smallest absolute Gasteiger partial charge is 0.337 e. The van der Waals surface area contributed by atoms with Crippen LogP contribution in [0.3, 0.4) is 0 Å². The number of benzene rings is 2. The zero-order valence-electron chi connectivity index (χ0n) is 13.6. The maximum Gasteiger partial charge on any atom is 0.337 e. The number of carboxylic acids is 1. The first-order chi connectivity index (χ1) is 12.1. The van der Waals surface area contributed by atoms with Gasteiger partial charge in [0.15, 0.2) is 0 Å². The van der Waals surface area contributed by atoms with E-state index >= 15 is 0 Å². The first-order valence-corrected chi connectivity index (χ1v) is 8.88. The number of carboxylic acid groups (broad SMARTS) is 1. The summed E-state index contributed by atoms with van der Waals surface area (Å²) in [6.45, 7) is 3.10. The molecule has 0 spiro atoms. The second kappa shape index (κ2) is 6.25. The van der Waals surface area contributed by atoms with Gasteiger partial charge in [0.2, 0.25) is 0 Å². The summed E-state index contributed by atoms with van der Waals surface area (Å²) in [7, 11) is 0. The first-order valence-electron chi connectivity index (χ1n) is 8.10. The van der Waals surface area contributed by atoms with Gasteiger partial charge in [0.05, 0.1) is 16.0 Å². The summed E-state index contributed by atoms with van der Waals surface area (Å²) >= 11 is 1.52. The minimum atomic E-state index is -0.949. The van der Waals surface area contributed by atoms with Crippen LogP contribution < -0.4 is 15.5 Å². The molecule has 0 atom stereocenters. The number of nitrogens with zero attached hydrogens (tertiary/aromatic N) is 3. The Kier molecular flexibility index (Phi) is 3.93. The van der Waals surface area contributed by atoms with Crippen molar-refractivity contribution >= 4 is 44.8 Å². The molecule has 6 nitrogen and oxygen atoms in total. The maximum atomic E-state index is 11.5. The lowest BCUT2D eigenvalue weighted by Crippen LogP contribution is -2.47. The third-order valence-electron chi connectivity index (χ3n) is 4.53. The Bertz CT molecular complexity index is 932. The summed E-state index contributed by atoms with van der Waals surface area (Å²) in [5.74, 6) is 0.0752. The van der Waals surface area contributed by atoms with E-state index in [0.29, 0.717) is 5.69 Å². The van der Waals surface area contributed by atoms with Crippen molar-refractivity contribution in [2.24, 2.45) is 0 Å². The van der Waals surface area contributed by atoms with Gasteiger partial charge in [0.25, 0.3) is 0 Å². The van der Waals surface area contributed by atoms with Crippen molar-refractivity contribution in [2.45, 2.75) is 0 Å². The molecular weight excluding hydrogens is 336 g/mol. The Morgan fingerprint density at radius 2 is 1.80 bits per heavy atom. The van der Waals surface area contributed by atoms with Gasteiger partial charge in [-0.15, -0.1) is 0 Å². The maximum absolute atomic E-state index is 11.5. The Morgan fingerprint density at radius 1 is 1.08 bits per heavy atom. The summed E-state index contributed by atoms with van der Waals surface area (Å²) in [6, 6.07) is 13.3. The molecule has 0 saturated carbocycles. The van der Waals surface area contributed by atoms with E-state index in [1.54, 1.807) is 12.1 Å². The van der Waals surface area contributed by atoms with E-state index in [9.17, 15) is 9.90 Å². The lowest BCUT2D eigenvalue weighted by Gasteiger charge is -2.37. The van der Waals surface area contributed by atoms with Crippen molar-refractivity contribution in [3.05, 3.63) is 48.0 Å². The van der Waals surface area contributed by atoms with Crippen molar-refractivity contribution in [3.8, 4) is 0 Å². The van der Waals surface area contributed by atoms with E-state index in [4.69, 9.17) is 5.73 Å². The second-order valence-electron chi connectivity index (χ2n) is 6.06. The minimum absolute atomic E-state index is 0.257. The number of hydrogen-bond acceptors (Lipinski definition) is 6. The van der Waals surface area contributed by atoms with Gasteiger partial charge in [-0.05, 0) is 41.9 Å². The van der Waals surface area contributed by atoms with E-state index in [-0.39, 0.29) is 5.56 Å². The quantitative estimate of drug-likeness (QED) is 0.704. The highest BCUT2D eigenvalue weighted by Crippen LogP contribution is 2.31. The van der Waals surface area contributed by atoms with Gasteiger partial charge < -0.3 is 20.6 Å². The predicted molar refractivity (Wildman–Crippen MR) is 102 cm³/mol. The molecule has 7 heteroatoms. The number of fused-ring (bicyclic) bond motifs is 1. The van der Waals surface area contributed by atoms with Crippen LogP contribution >= 0.6 is 11.5 Å². The van der Waals surface area contributed by atoms with Crippen molar-refractivity contribution < 1.29 is 9.90 Å². The molecule has 0 amide bonds. The molecule has 2 aromatic carbocycles. The second-order valence-corrected chi connectivity index (χ2v) is 6.86. The lowest BCUT2D eigenvalue weighted by atomic mass is 10.1. The van der Waals surface area contributed by atoms with Crippen LogP contribution in [0.25, 0.3) is 10.1 Å². The number of anilines is 3. The molecule has 1 saturated heterocycles. The van der Waals surface area contributed by atoms with Gasteiger partial charge in [-0.1, -0.05) is 12.1 Å². The summed E-state index contributed by atoms with van der Waals surface area (Å²) in [4.78, 5) is 15.9. The predicted octanol–water partition coefficient (Wildman–Crippen LogP) is 2.90. The van der Waals surface area contributed by atoms with Crippen LogP contribution in [-0.2, 0) is 0 Å². The van der Waals surface area contributed by atoms with E-state index in [0.717, 1.165) is 37.7 Å². The summed E-state index contributed by atoms with van der Waals surface area (Å²) < 4.78 is 5.80.